The van der Waals surface area contributed by atoms with Crippen LogP contribution in [0.2, 0.25) is 0 Å². The fourth-order valence-electron chi connectivity index (χ4n) is 2.75. The van der Waals surface area contributed by atoms with Crippen LogP contribution in [0.1, 0.15) is 32.3 Å². The molecule has 0 amide bonds. The maximum atomic E-state index is 14.1. The molecule has 0 spiro atoms. The molecule has 1 aromatic carbocycles. The summed E-state index contributed by atoms with van der Waals surface area (Å²) in [5.41, 5.74) is 1.74. The van der Waals surface area contributed by atoms with E-state index in [1.807, 2.05) is 19.1 Å². The predicted octanol–water partition coefficient (Wildman–Crippen LogP) is 3.35. The first-order chi connectivity index (χ1) is 9.10. The molecule has 1 aromatic rings. The number of hydrogen-bond acceptors (Lipinski definition) is 2. The van der Waals surface area contributed by atoms with Crippen LogP contribution >= 0.6 is 0 Å². The Balaban J connectivity index is 2.16. The van der Waals surface area contributed by atoms with Crippen LogP contribution < -0.4 is 10.2 Å². The molecule has 1 heterocycles. The van der Waals surface area contributed by atoms with E-state index in [1.54, 1.807) is 6.07 Å². The monoisotopic (exact) mass is 264 g/mol. The Morgan fingerprint density at radius 1 is 1.42 bits per heavy atom. The minimum Gasteiger partial charge on any atom is -0.369 e. The van der Waals surface area contributed by atoms with Crippen LogP contribution in [0.25, 0.3) is 0 Å². The van der Waals surface area contributed by atoms with Crippen molar-refractivity contribution in [3.63, 3.8) is 0 Å². The second-order valence-corrected chi connectivity index (χ2v) is 5.81. The largest absolute Gasteiger partial charge is 0.369 e. The highest BCUT2D eigenvalue weighted by Crippen LogP contribution is 2.23. The van der Waals surface area contributed by atoms with Gasteiger partial charge in [-0.3, -0.25) is 0 Å². The maximum Gasteiger partial charge on any atom is 0.146 e. The van der Waals surface area contributed by atoms with Gasteiger partial charge in [0.25, 0.3) is 0 Å². The summed E-state index contributed by atoms with van der Waals surface area (Å²) in [4.78, 5) is 2.21. The minimum atomic E-state index is -0.0891. The van der Waals surface area contributed by atoms with Crippen molar-refractivity contribution in [2.75, 3.05) is 24.5 Å². The van der Waals surface area contributed by atoms with Gasteiger partial charge in [0.2, 0.25) is 0 Å². The molecule has 2 unspecified atom stereocenters. The van der Waals surface area contributed by atoms with Gasteiger partial charge in [-0.05, 0) is 49.9 Å². The zero-order valence-electron chi connectivity index (χ0n) is 12.2. The SMILES string of the molecule is CCC1CCN(c2ccc(C)cc2F)CC(C)CN1. The van der Waals surface area contributed by atoms with Gasteiger partial charge in [-0.25, -0.2) is 4.39 Å². The number of rotatable bonds is 2. The molecule has 2 rings (SSSR count). The number of benzene rings is 1. The van der Waals surface area contributed by atoms with Crippen LogP contribution in [0.4, 0.5) is 10.1 Å². The third-order valence-corrected chi connectivity index (χ3v) is 3.97. The van der Waals surface area contributed by atoms with E-state index in [9.17, 15) is 4.39 Å². The quantitative estimate of drug-likeness (QED) is 0.881. The van der Waals surface area contributed by atoms with Crippen LogP contribution in [-0.4, -0.2) is 25.7 Å². The molecule has 2 nitrogen and oxygen atoms in total. The molecule has 0 radical (unpaired) electrons. The van der Waals surface area contributed by atoms with E-state index in [1.165, 1.54) is 0 Å². The zero-order chi connectivity index (χ0) is 13.8. The molecule has 0 aliphatic carbocycles. The molecule has 3 heteroatoms. The second kappa shape index (κ2) is 6.38. The highest BCUT2D eigenvalue weighted by atomic mass is 19.1. The molecule has 1 aliphatic rings. The Labute approximate surface area is 116 Å². The molecule has 2 atom stereocenters. The fraction of sp³-hybridized carbons (Fsp3) is 0.625. The highest BCUT2D eigenvalue weighted by Gasteiger charge is 2.19. The van der Waals surface area contributed by atoms with Crippen molar-refractivity contribution in [3.05, 3.63) is 29.6 Å². The summed E-state index contributed by atoms with van der Waals surface area (Å²) in [7, 11) is 0. The van der Waals surface area contributed by atoms with Crippen molar-refractivity contribution in [1.29, 1.82) is 0 Å². The molecule has 1 fully saturated rings. The van der Waals surface area contributed by atoms with Crippen LogP contribution in [0.5, 0.6) is 0 Å². The first-order valence-electron chi connectivity index (χ1n) is 7.34. The van der Waals surface area contributed by atoms with E-state index in [2.05, 4.69) is 24.1 Å². The Hall–Kier alpha value is -1.09. The molecular formula is C16H25FN2. The van der Waals surface area contributed by atoms with Gasteiger partial charge in [0.05, 0.1) is 5.69 Å². The average Bonchev–Trinajstić information content (AvgIpc) is 2.35. The lowest BCUT2D eigenvalue weighted by Crippen LogP contribution is -2.43. The summed E-state index contributed by atoms with van der Waals surface area (Å²) in [6.45, 7) is 9.23. The van der Waals surface area contributed by atoms with Crippen molar-refractivity contribution in [3.8, 4) is 0 Å². The predicted molar refractivity (Wildman–Crippen MR) is 79.2 cm³/mol. The Morgan fingerprint density at radius 2 is 2.21 bits per heavy atom. The summed E-state index contributed by atoms with van der Waals surface area (Å²) in [5.74, 6) is 0.448. The normalized spacial score (nSPS) is 24.9. The van der Waals surface area contributed by atoms with E-state index in [-0.39, 0.29) is 5.82 Å². The first kappa shape index (κ1) is 14.3. The number of halogens is 1. The number of nitrogens with zero attached hydrogens (tertiary/aromatic N) is 1. The van der Waals surface area contributed by atoms with Crippen LogP contribution in [0, 0.1) is 18.7 Å². The molecule has 1 N–H and O–H groups in total. The molecule has 106 valence electrons. The van der Waals surface area contributed by atoms with Crippen LogP contribution in [0.15, 0.2) is 18.2 Å². The summed E-state index contributed by atoms with van der Waals surface area (Å²) >= 11 is 0. The van der Waals surface area contributed by atoms with E-state index in [0.717, 1.165) is 43.7 Å². The summed E-state index contributed by atoms with van der Waals surface area (Å²) in [6.07, 6.45) is 2.22. The average molecular weight is 264 g/mol. The van der Waals surface area contributed by atoms with Crippen molar-refractivity contribution < 1.29 is 4.39 Å². The minimum absolute atomic E-state index is 0.0891. The summed E-state index contributed by atoms with van der Waals surface area (Å²) in [5, 5.41) is 3.60. The van der Waals surface area contributed by atoms with Gasteiger partial charge in [-0.2, -0.15) is 0 Å². The van der Waals surface area contributed by atoms with Crippen molar-refractivity contribution >= 4 is 5.69 Å². The van der Waals surface area contributed by atoms with E-state index in [4.69, 9.17) is 0 Å². The Bertz CT molecular complexity index is 419. The van der Waals surface area contributed by atoms with Crippen molar-refractivity contribution in [2.45, 2.75) is 39.7 Å². The Morgan fingerprint density at radius 3 is 2.89 bits per heavy atom. The number of hydrogen-bond donors (Lipinski definition) is 1. The standard InChI is InChI=1S/C16H25FN2/c1-4-14-7-8-19(11-13(3)10-18-14)16-6-5-12(2)9-15(16)17/h5-6,9,13-14,18H,4,7-8,10-11H2,1-3H3. The Kier molecular flexibility index (Phi) is 4.81. The van der Waals surface area contributed by atoms with Gasteiger partial charge in [-0.15, -0.1) is 0 Å². The lowest BCUT2D eigenvalue weighted by molar-refractivity contribution is 0.386. The molecule has 1 saturated heterocycles. The van der Waals surface area contributed by atoms with E-state index >= 15 is 0 Å². The fourth-order valence-corrected chi connectivity index (χ4v) is 2.75. The summed E-state index contributed by atoms with van der Waals surface area (Å²) in [6, 6.07) is 6.11. The third-order valence-electron chi connectivity index (χ3n) is 3.97. The molecule has 0 saturated carbocycles. The highest BCUT2D eigenvalue weighted by molar-refractivity contribution is 5.49. The van der Waals surface area contributed by atoms with Gasteiger partial charge in [-0.1, -0.05) is 19.9 Å². The number of anilines is 1. The maximum absolute atomic E-state index is 14.1. The van der Waals surface area contributed by atoms with Crippen LogP contribution in [0.3, 0.4) is 0 Å². The molecule has 1 aliphatic heterocycles. The number of aryl methyl sites for hydroxylation is 1. The van der Waals surface area contributed by atoms with Crippen molar-refractivity contribution in [2.24, 2.45) is 5.92 Å². The lowest BCUT2D eigenvalue weighted by Gasteiger charge is -2.33. The van der Waals surface area contributed by atoms with Gasteiger partial charge in [0, 0.05) is 19.1 Å². The molecule has 0 aromatic heterocycles. The van der Waals surface area contributed by atoms with E-state index in [0.29, 0.717) is 12.0 Å². The van der Waals surface area contributed by atoms with Crippen molar-refractivity contribution in [1.82, 2.24) is 5.32 Å². The first-order valence-corrected chi connectivity index (χ1v) is 7.34. The zero-order valence-corrected chi connectivity index (χ0v) is 12.2. The smallest absolute Gasteiger partial charge is 0.146 e. The molecular weight excluding hydrogens is 239 g/mol. The van der Waals surface area contributed by atoms with Gasteiger partial charge in [0.1, 0.15) is 5.82 Å². The lowest BCUT2D eigenvalue weighted by atomic mass is 10.0. The molecule has 19 heavy (non-hydrogen) atoms. The summed E-state index contributed by atoms with van der Waals surface area (Å²) < 4.78 is 14.1. The van der Waals surface area contributed by atoms with Gasteiger partial charge < -0.3 is 10.2 Å². The second-order valence-electron chi connectivity index (χ2n) is 5.81. The topological polar surface area (TPSA) is 15.3 Å². The van der Waals surface area contributed by atoms with Crippen LogP contribution in [-0.2, 0) is 0 Å². The van der Waals surface area contributed by atoms with E-state index < -0.39 is 0 Å². The van der Waals surface area contributed by atoms with Gasteiger partial charge in [0.15, 0.2) is 0 Å². The van der Waals surface area contributed by atoms with Gasteiger partial charge >= 0.3 is 0 Å². The molecule has 0 bridgehead atoms. The number of nitrogens with one attached hydrogen (secondary N) is 1. The third kappa shape index (κ3) is 3.69.